The van der Waals surface area contributed by atoms with Crippen LogP contribution in [0.2, 0.25) is 5.15 Å². The molecule has 0 radical (unpaired) electrons. The average Bonchev–Trinajstić information content (AvgIpc) is 2.50. The number of aryl methyl sites for hydroxylation is 1. The first-order chi connectivity index (χ1) is 10.1. The maximum Gasteiger partial charge on any atom is 0.152 e. The second kappa shape index (κ2) is 5.74. The maximum absolute atomic E-state index is 6.17. The molecule has 3 rings (SSSR count). The zero-order valence-corrected chi connectivity index (χ0v) is 12.9. The fourth-order valence-electron chi connectivity index (χ4n) is 2.59. The molecular formula is C18H17ClN2. The van der Waals surface area contributed by atoms with Crippen LogP contribution in [0.3, 0.4) is 0 Å². The van der Waals surface area contributed by atoms with Crippen molar-refractivity contribution in [3.63, 3.8) is 0 Å². The second-order valence-corrected chi connectivity index (χ2v) is 5.64. The predicted molar refractivity (Wildman–Crippen MR) is 90.0 cm³/mol. The lowest BCUT2D eigenvalue weighted by atomic mass is 9.99. The highest BCUT2D eigenvalue weighted by Gasteiger charge is 2.11. The number of hydrogen-bond acceptors (Lipinski definition) is 2. The van der Waals surface area contributed by atoms with Crippen molar-refractivity contribution in [2.45, 2.75) is 19.9 Å². The summed E-state index contributed by atoms with van der Waals surface area (Å²) in [4.78, 5) is 4.19. The molecule has 0 fully saturated rings. The van der Waals surface area contributed by atoms with Crippen molar-refractivity contribution in [2.75, 3.05) is 5.32 Å². The maximum atomic E-state index is 6.17. The molecule has 0 amide bonds. The zero-order chi connectivity index (χ0) is 14.8. The van der Waals surface area contributed by atoms with Gasteiger partial charge in [-0.1, -0.05) is 54.1 Å². The largest absolute Gasteiger partial charge is 0.376 e. The Morgan fingerprint density at radius 2 is 1.86 bits per heavy atom. The van der Waals surface area contributed by atoms with Gasteiger partial charge in [-0.3, -0.25) is 0 Å². The summed E-state index contributed by atoms with van der Waals surface area (Å²) in [6.07, 6.45) is 1.77. The lowest BCUT2D eigenvalue weighted by Crippen LogP contribution is -2.08. The van der Waals surface area contributed by atoms with E-state index in [2.05, 4.69) is 59.7 Å². The first-order valence-corrected chi connectivity index (χ1v) is 7.39. The Balaban J connectivity index is 1.97. The lowest BCUT2D eigenvalue weighted by Gasteiger charge is -2.18. The van der Waals surface area contributed by atoms with E-state index in [1.165, 1.54) is 16.3 Å². The number of anilines is 1. The quantitative estimate of drug-likeness (QED) is 0.657. The van der Waals surface area contributed by atoms with Gasteiger partial charge in [-0.2, -0.15) is 0 Å². The molecule has 3 heteroatoms. The van der Waals surface area contributed by atoms with Crippen LogP contribution in [-0.2, 0) is 0 Å². The van der Waals surface area contributed by atoms with Crippen molar-refractivity contribution in [1.82, 2.24) is 4.98 Å². The zero-order valence-electron chi connectivity index (χ0n) is 12.1. The minimum absolute atomic E-state index is 0.150. The number of pyridine rings is 1. The van der Waals surface area contributed by atoms with Crippen molar-refractivity contribution < 1.29 is 0 Å². The summed E-state index contributed by atoms with van der Waals surface area (Å²) in [5.74, 6) is 0. The molecule has 106 valence electrons. The van der Waals surface area contributed by atoms with Crippen molar-refractivity contribution in [1.29, 1.82) is 0 Å². The van der Waals surface area contributed by atoms with Gasteiger partial charge in [0.1, 0.15) is 0 Å². The van der Waals surface area contributed by atoms with Crippen LogP contribution in [0.25, 0.3) is 10.8 Å². The Kier molecular flexibility index (Phi) is 3.80. The van der Waals surface area contributed by atoms with E-state index in [0.717, 1.165) is 11.3 Å². The van der Waals surface area contributed by atoms with Crippen LogP contribution >= 0.6 is 11.6 Å². The van der Waals surface area contributed by atoms with Crippen LogP contribution in [-0.4, -0.2) is 4.98 Å². The van der Waals surface area contributed by atoms with Gasteiger partial charge in [-0.05, 0) is 41.8 Å². The standard InChI is InChI=1S/C18H17ClN2/c1-12-10-17(18(19)20-11-12)21-13(2)15-9-5-7-14-6-3-4-8-16(14)15/h3-11,13,21H,1-2H3. The first kappa shape index (κ1) is 13.9. The Bertz CT molecular complexity index is 778. The van der Waals surface area contributed by atoms with Gasteiger partial charge >= 0.3 is 0 Å². The van der Waals surface area contributed by atoms with E-state index in [9.17, 15) is 0 Å². The summed E-state index contributed by atoms with van der Waals surface area (Å²) in [5.41, 5.74) is 3.22. The van der Waals surface area contributed by atoms with Crippen LogP contribution in [0.5, 0.6) is 0 Å². The molecule has 21 heavy (non-hydrogen) atoms. The van der Waals surface area contributed by atoms with E-state index < -0.39 is 0 Å². The normalized spacial score (nSPS) is 12.3. The fourth-order valence-corrected chi connectivity index (χ4v) is 2.75. The summed E-state index contributed by atoms with van der Waals surface area (Å²) >= 11 is 6.17. The number of nitrogens with one attached hydrogen (secondary N) is 1. The van der Waals surface area contributed by atoms with Gasteiger partial charge in [0.2, 0.25) is 0 Å². The highest BCUT2D eigenvalue weighted by molar-refractivity contribution is 6.32. The van der Waals surface area contributed by atoms with Crippen molar-refractivity contribution in [2.24, 2.45) is 0 Å². The Labute approximate surface area is 129 Å². The Morgan fingerprint density at radius 3 is 2.71 bits per heavy atom. The molecule has 3 aromatic rings. The van der Waals surface area contributed by atoms with Gasteiger partial charge in [0.05, 0.1) is 5.69 Å². The van der Waals surface area contributed by atoms with Crippen molar-refractivity contribution in [3.05, 3.63) is 71.0 Å². The number of rotatable bonds is 3. The molecule has 0 spiro atoms. The fraction of sp³-hybridized carbons (Fsp3) is 0.167. The minimum atomic E-state index is 0.150. The molecule has 2 nitrogen and oxygen atoms in total. The van der Waals surface area contributed by atoms with Crippen LogP contribution in [0.15, 0.2) is 54.7 Å². The summed E-state index contributed by atoms with van der Waals surface area (Å²) in [7, 11) is 0. The summed E-state index contributed by atoms with van der Waals surface area (Å²) in [6.45, 7) is 4.15. The van der Waals surface area contributed by atoms with Crippen molar-refractivity contribution >= 4 is 28.1 Å². The molecule has 2 aromatic carbocycles. The second-order valence-electron chi connectivity index (χ2n) is 5.29. The summed E-state index contributed by atoms with van der Waals surface area (Å²) in [5, 5.41) is 6.48. The average molecular weight is 297 g/mol. The van der Waals surface area contributed by atoms with Gasteiger partial charge in [0.15, 0.2) is 5.15 Å². The van der Waals surface area contributed by atoms with E-state index in [0.29, 0.717) is 5.15 Å². The third kappa shape index (κ3) is 2.86. The van der Waals surface area contributed by atoms with Crippen LogP contribution < -0.4 is 5.32 Å². The number of aromatic nitrogens is 1. The van der Waals surface area contributed by atoms with Gasteiger partial charge in [0.25, 0.3) is 0 Å². The molecular weight excluding hydrogens is 280 g/mol. The SMILES string of the molecule is Cc1cnc(Cl)c(NC(C)c2cccc3ccccc23)c1. The molecule has 1 atom stereocenters. The predicted octanol–water partition coefficient (Wildman–Crippen LogP) is 5.37. The highest BCUT2D eigenvalue weighted by atomic mass is 35.5. The number of halogens is 1. The number of benzene rings is 2. The highest BCUT2D eigenvalue weighted by Crippen LogP contribution is 2.29. The molecule has 0 saturated heterocycles. The van der Waals surface area contributed by atoms with Gasteiger partial charge < -0.3 is 5.32 Å². The van der Waals surface area contributed by atoms with Crippen LogP contribution in [0, 0.1) is 6.92 Å². The van der Waals surface area contributed by atoms with Gasteiger partial charge in [-0.15, -0.1) is 0 Å². The smallest absolute Gasteiger partial charge is 0.152 e. The third-order valence-electron chi connectivity index (χ3n) is 3.64. The van der Waals surface area contributed by atoms with Gasteiger partial charge in [0, 0.05) is 12.2 Å². The number of fused-ring (bicyclic) bond motifs is 1. The molecule has 1 N–H and O–H groups in total. The summed E-state index contributed by atoms with van der Waals surface area (Å²) < 4.78 is 0. The molecule has 0 bridgehead atoms. The number of hydrogen-bond donors (Lipinski definition) is 1. The molecule has 0 aliphatic rings. The lowest BCUT2D eigenvalue weighted by molar-refractivity contribution is 0.892. The molecule has 1 unspecified atom stereocenters. The van der Waals surface area contributed by atoms with Gasteiger partial charge in [-0.25, -0.2) is 4.98 Å². The topological polar surface area (TPSA) is 24.9 Å². The molecule has 0 aliphatic carbocycles. The third-order valence-corrected chi connectivity index (χ3v) is 3.94. The Hall–Kier alpha value is -2.06. The van der Waals surface area contributed by atoms with Crippen LogP contribution in [0.1, 0.15) is 24.1 Å². The summed E-state index contributed by atoms with van der Waals surface area (Å²) in [6, 6.07) is 17.0. The van der Waals surface area contributed by atoms with E-state index >= 15 is 0 Å². The molecule has 0 aliphatic heterocycles. The molecule has 1 aromatic heterocycles. The molecule has 1 heterocycles. The molecule has 0 saturated carbocycles. The minimum Gasteiger partial charge on any atom is -0.376 e. The van der Waals surface area contributed by atoms with E-state index in [4.69, 9.17) is 11.6 Å². The number of nitrogens with zero attached hydrogens (tertiary/aromatic N) is 1. The van der Waals surface area contributed by atoms with E-state index in [1.54, 1.807) is 6.20 Å². The van der Waals surface area contributed by atoms with E-state index in [1.807, 2.05) is 13.0 Å². The van der Waals surface area contributed by atoms with Crippen LogP contribution in [0.4, 0.5) is 5.69 Å². The monoisotopic (exact) mass is 296 g/mol. The first-order valence-electron chi connectivity index (χ1n) is 7.01. The Morgan fingerprint density at radius 1 is 1.10 bits per heavy atom. The van der Waals surface area contributed by atoms with Crippen molar-refractivity contribution in [3.8, 4) is 0 Å². The van der Waals surface area contributed by atoms with E-state index in [-0.39, 0.29) is 6.04 Å².